The number of aromatic nitrogens is 2. The molecule has 2 aliphatic rings. The molecule has 4 heterocycles. The molecule has 1 atom stereocenters. The molecule has 2 aliphatic heterocycles. The minimum Gasteiger partial charge on any atom is -0.379 e. The fourth-order valence-corrected chi connectivity index (χ4v) is 4.75. The molecule has 7 heteroatoms. The van der Waals surface area contributed by atoms with Crippen LogP contribution >= 0.6 is 11.3 Å². The Hall–Kier alpha value is -1.28. The molecule has 0 amide bonds. The largest absolute Gasteiger partial charge is 0.379 e. The summed E-state index contributed by atoms with van der Waals surface area (Å²) in [5.41, 5.74) is 0.937. The molecule has 136 valence electrons. The zero-order chi connectivity index (χ0) is 17.2. The maximum absolute atomic E-state index is 12.3. The number of hydrogen-bond donors (Lipinski definition) is 0. The lowest BCUT2D eigenvalue weighted by Crippen LogP contribution is -2.49. The number of likely N-dealkylation sites (tertiary alicyclic amines) is 1. The number of fused-ring (bicyclic) bond motifs is 1. The smallest absolute Gasteiger partial charge is 0.258 e. The summed E-state index contributed by atoms with van der Waals surface area (Å²) in [4.78, 5) is 24.0. The van der Waals surface area contributed by atoms with Crippen LogP contribution in [0, 0.1) is 6.92 Å². The lowest BCUT2D eigenvalue weighted by molar-refractivity contribution is 0.0151. The molecular weight excluding hydrogens is 336 g/mol. The maximum atomic E-state index is 12.3. The average molecular weight is 362 g/mol. The van der Waals surface area contributed by atoms with E-state index in [1.807, 2.05) is 13.1 Å². The van der Waals surface area contributed by atoms with Gasteiger partial charge in [-0.15, -0.1) is 11.3 Å². The van der Waals surface area contributed by atoms with Gasteiger partial charge in [0.25, 0.3) is 5.56 Å². The zero-order valence-corrected chi connectivity index (χ0v) is 15.6. The molecular formula is C18H26N4O2S. The van der Waals surface area contributed by atoms with Gasteiger partial charge in [0.2, 0.25) is 0 Å². The van der Waals surface area contributed by atoms with E-state index < -0.39 is 0 Å². The number of nitrogens with zero attached hydrogens (tertiary/aromatic N) is 4. The number of morpholine rings is 1. The van der Waals surface area contributed by atoms with Crippen molar-refractivity contribution in [3.8, 4) is 0 Å². The molecule has 0 spiro atoms. The van der Waals surface area contributed by atoms with Gasteiger partial charge in [0, 0.05) is 49.4 Å². The second-order valence-electron chi connectivity index (χ2n) is 7.11. The predicted molar refractivity (Wildman–Crippen MR) is 99.4 cm³/mol. The lowest BCUT2D eigenvalue weighted by atomic mass is 10.0. The van der Waals surface area contributed by atoms with E-state index in [-0.39, 0.29) is 5.56 Å². The Morgan fingerprint density at radius 3 is 2.96 bits per heavy atom. The Kier molecular flexibility index (Phi) is 5.17. The zero-order valence-electron chi connectivity index (χ0n) is 14.8. The molecule has 0 aromatic carbocycles. The summed E-state index contributed by atoms with van der Waals surface area (Å²) in [6.07, 6.45) is 5.64. The SMILES string of the molecule is Cc1cn2c(=O)cc(CN3CCCCC3CN3CCOCC3)nc2s1. The molecule has 2 aromatic rings. The third kappa shape index (κ3) is 3.95. The van der Waals surface area contributed by atoms with E-state index in [1.54, 1.807) is 21.8 Å². The summed E-state index contributed by atoms with van der Waals surface area (Å²) in [6.45, 7) is 8.75. The lowest BCUT2D eigenvalue weighted by Gasteiger charge is -2.39. The molecule has 2 saturated heterocycles. The second kappa shape index (κ2) is 7.53. The summed E-state index contributed by atoms with van der Waals surface area (Å²) >= 11 is 1.58. The molecule has 25 heavy (non-hydrogen) atoms. The van der Waals surface area contributed by atoms with Gasteiger partial charge in [0.15, 0.2) is 4.96 Å². The van der Waals surface area contributed by atoms with Crippen molar-refractivity contribution in [1.29, 1.82) is 0 Å². The number of ether oxygens (including phenoxy) is 1. The van der Waals surface area contributed by atoms with E-state index in [0.717, 1.165) is 61.5 Å². The Labute approximate surface area is 152 Å². The molecule has 4 rings (SSSR count). The number of piperidine rings is 1. The predicted octanol–water partition coefficient (Wildman–Crippen LogP) is 1.75. The fraction of sp³-hybridized carbons (Fsp3) is 0.667. The van der Waals surface area contributed by atoms with E-state index >= 15 is 0 Å². The number of hydrogen-bond acceptors (Lipinski definition) is 6. The van der Waals surface area contributed by atoms with E-state index in [9.17, 15) is 4.79 Å². The van der Waals surface area contributed by atoms with Gasteiger partial charge < -0.3 is 4.74 Å². The standard InChI is InChI=1S/C18H26N4O2S/c1-14-11-22-17(23)10-15(19-18(22)25-14)12-21-5-3-2-4-16(21)13-20-6-8-24-9-7-20/h10-11,16H,2-9,12-13H2,1H3. The summed E-state index contributed by atoms with van der Waals surface area (Å²) in [5, 5.41) is 0. The highest BCUT2D eigenvalue weighted by molar-refractivity contribution is 7.16. The normalized spacial score (nSPS) is 23.3. The third-order valence-electron chi connectivity index (χ3n) is 5.22. The van der Waals surface area contributed by atoms with Gasteiger partial charge in [-0.2, -0.15) is 0 Å². The average Bonchev–Trinajstić information content (AvgIpc) is 2.99. The highest BCUT2D eigenvalue weighted by Crippen LogP contribution is 2.21. The summed E-state index contributed by atoms with van der Waals surface area (Å²) in [7, 11) is 0. The van der Waals surface area contributed by atoms with Crippen LogP contribution in [0.15, 0.2) is 17.1 Å². The summed E-state index contributed by atoms with van der Waals surface area (Å²) < 4.78 is 7.12. The van der Waals surface area contributed by atoms with E-state index in [0.29, 0.717) is 6.04 Å². The van der Waals surface area contributed by atoms with Crippen LogP contribution < -0.4 is 5.56 Å². The Morgan fingerprint density at radius 2 is 2.12 bits per heavy atom. The van der Waals surface area contributed by atoms with Gasteiger partial charge in [-0.1, -0.05) is 6.42 Å². The first-order valence-electron chi connectivity index (χ1n) is 9.22. The first-order chi connectivity index (χ1) is 12.2. The topological polar surface area (TPSA) is 50.1 Å². The van der Waals surface area contributed by atoms with Crippen LogP contribution in [-0.2, 0) is 11.3 Å². The molecule has 2 fully saturated rings. The Balaban J connectivity index is 1.50. The van der Waals surface area contributed by atoms with Gasteiger partial charge in [0.05, 0.1) is 18.9 Å². The summed E-state index contributed by atoms with van der Waals surface area (Å²) in [6, 6.07) is 2.26. The number of thiazole rings is 1. The minimum absolute atomic E-state index is 0.0334. The van der Waals surface area contributed by atoms with Crippen molar-refractivity contribution in [3.05, 3.63) is 33.2 Å². The second-order valence-corrected chi connectivity index (χ2v) is 8.33. The minimum atomic E-state index is 0.0334. The van der Waals surface area contributed by atoms with E-state index in [1.165, 1.54) is 19.3 Å². The van der Waals surface area contributed by atoms with Crippen LogP contribution in [-0.4, -0.2) is 64.6 Å². The van der Waals surface area contributed by atoms with Crippen LogP contribution in [0.5, 0.6) is 0 Å². The van der Waals surface area contributed by atoms with Crippen LogP contribution in [0.3, 0.4) is 0 Å². The molecule has 0 saturated carbocycles. The van der Waals surface area contributed by atoms with Crippen molar-refractivity contribution in [1.82, 2.24) is 19.2 Å². The van der Waals surface area contributed by atoms with Crippen molar-refractivity contribution in [2.75, 3.05) is 39.4 Å². The van der Waals surface area contributed by atoms with Gasteiger partial charge >= 0.3 is 0 Å². The Morgan fingerprint density at radius 1 is 1.28 bits per heavy atom. The monoisotopic (exact) mass is 362 g/mol. The molecule has 6 nitrogen and oxygen atoms in total. The van der Waals surface area contributed by atoms with Crippen LogP contribution in [0.25, 0.3) is 4.96 Å². The molecule has 0 bridgehead atoms. The van der Waals surface area contributed by atoms with Crippen molar-refractivity contribution in [3.63, 3.8) is 0 Å². The van der Waals surface area contributed by atoms with Gasteiger partial charge in [-0.3, -0.25) is 19.0 Å². The maximum Gasteiger partial charge on any atom is 0.258 e. The summed E-state index contributed by atoms with van der Waals surface area (Å²) in [5.74, 6) is 0. The van der Waals surface area contributed by atoms with E-state index in [4.69, 9.17) is 9.72 Å². The molecule has 1 unspecified atom stereocenters. The van der Waals surface area contributed by atoms with Crippen molar-refractivity contribution in [2.24, 2.45) is 0 Å². The van der Waals surface area contributed by atoms with Crippen LogP contribution in [0.1, 0.15) is 29.8 Å². The van der Waals surface area contributed by atoms with Crippen LogP contribution in [0.4, 0.5) is 0 Å². The number of aryl methyl sites for hydroxylation is 1. The van der Waals surface area contributed by atoms with Crippen LogP contribution in [0.2, 0.25) is 0 Å². The van der Waals surface area contributed by atoms with Crippen molar-refractivity contribution >= 4 is 16.3 Å². The van der Waals surface area contributed by atoms with Crippen molar-refractivity contribution in [2.45, 2.75) is 38.8 Å². The Bertz CT molecular complexity index is 781. The molecule has 2 aromatic heterocycles. The van der Waals surface area contributed by atoms with Gasteiger partial charge in [-0.25, -0.2) is 4.98 Å². The third-order valence-corrected chi connectivity index (χ3v) is 6.12. The fourth-order valence-electron chi connectivity index (χ4n) is 3.90. The highest BCUT2D eigenvalue weighted by Gasteiger charge is 2.26. The molecule has 0 N–H and O–H groups in total. The highest BCUT2D eigenvalue weighted by atomic mass is 32.1. The van der Waals surface area contributed by atoms with Gasteiger partial charge in [-0.05, 0) is 26.3 Å². The van der Waals surface area contributed by atoms with Crippen molar-refractivity contribution < 1.29 is 4.74 Å². The quantitative estimate of drug-likeness (QED) is 0.829. The first-order valence-corrected chi connectivity index (χ1v) is 10.0. The van der Waals surface area contributed by atoms with Gasteiger partial charge in [0.1, 0.15) is 0 Å². The molecule has 0 radical (unpaired) electrons. The molecule has 0 aliphatic carbocycles. The van der Waals surface area contributed by atoms with E-state index in [2.05, 4.69) is 9.80 Å². The number of rotatable bonds is 4. The first kappa shape index (κ1) is 17.1.